The summed E-state index contributed by atoms with van der Waals surface area (Å²) in [6.07, 6.45) is 0.755. The minimum absolute atomic E-state index is 0.0440. The van der Waals surface area contributed by atoms with Crippen LogP contribution in [-0.2, 0) is 29.2 Å². The first kappa shape index (κ1) is 25.4. The number of amides is 1. The summed E-state index contributed by atoms with van der Waals surface area (Å²) in [5, 5.41) is 11.6. The standard InChI is InChI=1S/C34H29NO5/c1-22-17-27-18-26(15-16-29(27)40-22)32(36)30-31(35(34(38)33(30)37)20-23-9-4-2-5-10-23)25-13-8-14-28(19-25)39-21-24-11-6-3-7-12-24/h2-16,18-19,22,31,36H,17,20-21H2,1H3. The number of aliphatic hydroxyl groups is 1. The lowest BCUT2D eigenvalue weighted by molar-refractivity contribution is -0.140. The number of rotatable bonds is 7. The maximum Gasteiger partial charge on any atom is 0.295 e. The summed E-state index contributed by atoms with van der Waals surface area (Å²) in [6, 6.07) is 31.3. The van der Waals surface area contributed by atoms with Crippen LogP contribution in [0.2, 0.25) is 0 Å². The Kier molecular flexibility index (Phi) is 6.83. The monoisotopic (exact) mass is 531 g/mol. The summed E-state index contributed by atoms with van der Waals surface area (Å²) in [4.78, 5) is 28.5. The number of carbonyl (C=O) groups is 2. The molecule has 2 unspecified atom stereocenters. The van der Waals surface area contributed by atoms with Crippen molar-refractivity contribution in [1.29, 1.82) is 0 Å². The molecule has 1 N–H and O–H groups in total. The third-order valence-electron chi connectivity index (χ3n) is 7.33. The molecular formula is C34H29NO5. The minimum Gasteiger partial charge on any atom is -0.507 e. The summed E-state index contributed by atoms with van der Waals surface area (Å²) in [5.41, 5.74) is 4.10. The number of aliphatic hydroxyl groups excluding tert-OH is 1. The van der Waals surface area contributed by atoms with Gasteiger partial charge in [0.2, 0.25) is 0 Å². The van der Waals surface area contributed by atoms with Crippen molar-refractivity contribution in [1.82, 2.24) is 4.90 Å². The van der Waals surface area contributed by atoms with Gasteiger partial charge in [-0.1, -0.05) is 72.8 Å². The van der Waals surface area contributed by atoms with Gasteiger partial charge in [-0.05, 0) is 59.5 Å². The zero-order valence-electron chi connectivity index (χ0n) is 22.1. The number of hydrogen-bond acceptors (Lipinski definition) is 5. The van der Waals surface area contributed by atoms with Crippen molar-refractivity contribution in [2.24, 2.45) is 0 Å². The van der Waals surface area contributed by atoms with Crippen LogP contribution in [0.25, 0.3) is 5.76 Å². The van der Waals surface area contributed by atoms with Crippen LogP contribution < -0.4 is 9.47 Å². The zero-order valence-corrected chi connectivity index (χ0v) is 22.1. The number of nitrogens with zero attached hydrogens (tertiary/aromatic N) is 1. The van der Waals surface area contributed by atoms with E-state index in [4.69, 9.17) is 9.47 Å². The number of ether oxygens (including phenoxy) is 2. The smallest absolute Gasteiger partial charge is 0.295 e. The van der Waals surface area contributed by atoms with Crippen molar-refractivity contribution in [3.63, 3.8) is 0 Å². The van der Waals surface area contributed by atoms with E-state index in [1.165, 1.54) is 4.90 Å². The third kappa shape index (κ3) is 4.96. The van der Waals surface area contributed by atoms with Crippen molar-refractivity contribution < 1.29 is 24.2 Å². The van der Waals surface area contributed by atoms with Gasteiger partial charge in [0, 0.05) is 18.5 Å². The molecule has 0 bridgehead atoms. The Labute approximate surface area is 233 Å². The van der Waals surface area contributed by atoms with Crippen LogP contribution in [-0.4, -0.2) is 27.8 Å². The van der Waals surface area contributed by atoms with Gasteiger partial charge in [-0.15, -0.1) is 0 Å². The first-order valence-corrected chi connectivity index (χ1v) is 13.4. The molecule has 4 aromatic rings. The number of carbonyl (C=O) groups excluding carboxylic acids is 2. The van der Waals surface area contributed by atoms with Crippen LogP contribution in [0.5, 0.6) is 11.5 Å². The number of fused-ring (bicyclic) bond motifs is 1. The van der Waals surface area contributed by atoms with E-state index in [1.807, 2.05) is 97.9 Å². The van der Waals surface area contributed by atoms with E-state index in [1.54, 1.807) is 12.1 Å². The molecule has 6 heteroatoms. The summed E-state index contributed by atoms with van der Waals surface area (Å²) in [5.74, 6) is -0.177. The second-order valence-corrected chi connectivity index (χ2v) is 10.2. The lowest BCUT2D eigenvalue weighted by Crippen LogP contribution is -2.29. The molecule has 0 radical (unpaired) electrons. The lowest BCUT2D eigenvalue weighted by atomic mass is 9.94. The van der Waals surface area contributed by atoms with E-state index in [-0.39, 0.29) is 24.0 Å². The lowest BCUT2D eigenvalue weighted by Gasteiger charge is -2.26. The fraction of sp³-hybridized carbons (Fsp3) is 0.176. The van der Waals surface area contributed by atoms with E-state index in [2.05, 4.69) is 0 Å². The van der Waals surface area contributed by atoms with Crippen molar-refractivity contribution in [3.8, 4) is 11.5 Å². The molecule has 0 aliphatic carbocycles. The van der Waals surface area contributed by atoms with Crippen molar-refractivity contribution in [2.75, 3.05) is 0 Å². The fourth-order valence-corrected chi connectivity index (χ4v) is 5.41. The average molecular weight is 532 g/mol. The number of hydrogen-bond donors (Lipinski definition) is 1. The van der Waals surface area contributed by atoms with Crippen LogP contribution in [0.1, 0.15) is 40.8 Å². The van der Waals surface area contributed by atoms with Crippen molar-refractivity contribution in [3.05, 3.63) is 137 Å². The highest BCUT2D eigenvalue weighted by Gasteiger charge is 2.46. The molecule has 6 rings (SSSR count). The van der Waals surface area contributed by atoms with Gasteiger partial charge in [-0.3, -0.25) is 9.59 Å². The van der Waals surface area contributed by atoms with Gasteiger partial charge in [0.15, 0.2) is 0 Å². The predicted molar refractivity (Wildman–Crippen MR) is 152 cm³/mol. The van der Waals surface area contributed by atoms with Gasteiger partial charge in [-0.25, -0.2) is 0 Å². The van der Waals surface area contributed by atoms with Crippen LogP contribution >= 0.6 is 0 Å². The number of benzene rings is 4. The Bertz CT molecular complexity index is 1600. The molecule has 2 heterocycles. The molecule has 200 valence electrons. The van der Waals surface area contributed by atoms with Gasteiger partial charge in [-0.2, -0.15) is 0 Å². The van der Waals surface area contributed by atoms with E-state index in [9.17, 15) is 14.7 Å². The maximum absolute atomic E-state index is 13.5. The molecular weight excluding hydrogens is 502 g/mol. The van der Waals surface area contributed by atoms with Crippen LogP contribution in [0.15, 0.2) is 109 Å². The maximum atomic E-state index is 13.5. The number of ketones is 1. The van der Waals surface area contributed by atoms with Crippen molar-refractivity contribution in [2.45, 2.75) is 38.6 Å². The van der Waals surface area contributed by atoms with Gasteiger partial charge in [0.05, 0.1) is 11.6 Å². The molecule has 4 aromatic carbocycles. The molecule has 1 saturated heterocycles. The minimum atomic E-state index is -0.788. The first-order chi connectivity index (χ1) is 19.5. The van der Waals surface area contributed by atoms with Crippen LogP contribution in [0.3, 0.4) is 0 Å². The molecule has 2 aliphatic rings. The summed E-state index contributed by atoms with van der Waals surface area (Å²) in [7, 11) is 0. The Morgan fingerprint density at radius 3 is 2.38 bits per heavy atom. The predicted octanol–water partition coefficient (Wildman–Crippen LogP) is 6.21. The van der Waals surface area contributed by atoms with Gasteiger partial charge < -0.3 is 19.5 Å². The summed E-state index contributed by atoms with van der Waals surface area (Å²) >= 11 is 0. The highest BCUT2D eigenvalue weighted by Crippen LogP contribution is 2.42. The largest absolute Gasteiger partial charge is 0.507 e. The Balaban J connectivity index is 1.41. The van der Waals surface area contributed by atoms with Gasteiger partial charge in [0.1, 0.15) is 30.0 Å². The zero-order chi connectivity index (χ0) is 27.6. The average Bonchev–Trinajstić information content (AvgIpc) is 3.48. The highest BCUT2D eigenvalue weighted by molar-refractivity contribution is 6.46. The number of likely N-dealkylation sites (tertiary alicyclic amines) is 1. The molecule has 2 aliphatic heterocycles. The quantitative estimate of drug-likeness (QED) is 0.174. The fourth-order valence-electron chi connectivity index (χ4n) is 5.41. The summed E-state index contributed by atoms with van der Waals surface area (Å²) < 4.78 is 11.9. The highest BCUT2D eigenvalue weighted by atomic mass is 16.5. The normalized spacial score (nSPS) is 19.4. The Hall–Kier alpha value is -4.84. The molecule has 0 aromatic heterocycles. The van der Waals surface area contributed by atoms with Crippen LogP contribution in [0, 0.1) is 0 Å². The molecule has 40 heavy (non-hydrogen) atoms. The van der Waals surface area contributed by atoms with Gasteiger partial charge >= 0.3 is 0 Å². The second kappa shape index (κ2) is 10.7. The van der Waals surface area contributed by atoms with E-state index in [0.29, 0.717) is 29.9 Å². The van der Waals surface area contributed by atoms with Crippen LogP contribution in [0.4, 0.5) is 0 Å². The molecule has 1 fully saturated rings. The first-order valence-electron chi connectivity index (χ1n) is 13.4. The molecule has 1 amide bonds. The summed E-state index contributed by atoms with van der Waals surface area (Å²) in [6.45, 7) is 2.59. The Morgan fingerprint density at radius 2 is 1.62 bits per heavy atom. The SMILES string of the molecule is CC1Cc2cc(C(O)=C3C(=O)C(=O)N(Cc4ccccc4)C3c3cccc(OCc4ccccc4)c3)ccc2O1. The van der Waals surface area contributed by atoms with E-state index >= 15 is 0 Å². The molecule has 2 atom stereocenters. The number of Topliss-reactive ketones (excluding diaryl/α,β-unsaturated/α-hetero) is 1. The van der Waals surface area contributed by atoms with E-state index in [0.717, 1.165) is 22.4 Å². The third-order valence-corrected chi connectivity index (χ3v) is 7.33. The van der Waals surface area contributed by atoms with Gasteiger partial charge in [0.25, 0.3) is 11.7 Å². The van der Waals surface area contributed by atoms with E-state index < -0.39 is 17.7 Å². The Morgan fingerprint density at radius 1 is 0.900 bits per heavy atom. The molecule has 6 nitrogen and oxygen atoms in total. The topological polar surface area (TPSA) is 76.1 Å². The van der Waals surface area contributed by atoms with Crippen molar-refractivity contribution >= 4 is 17.4 Å². The second-order valence-electron chi connectivity index (χ2n) is 10.2. The molecule has 0 saturated carbocycles. The molecule has 0 spiro atoms.